The summed E-state index contributed by atoms with van der Waals surface area (Å²) in [5.41, 5.74) is -9.32. The molecule has 3 aromatic rings. The van der Waals surface area contributed by atoms with Gasteiger partial charge in [-0.1, -0.05) is 0 Å². The molecular weight excluding hydrogens is 563 g/mol. The van der Waals surface area contributed by atoms with E-state index in [4.69, 9.17) is 5.26 Å². The number of halogens is 11. The maximum atomic E-state index is 13.9. The molecule has 1 aliphatic carbocycles. The van der Waals surface area contributed by atoms with Crippen molar-refractivity contribution in [3.63, 3.8) is 0 Å². The molecule has 0 aromatic carbocycles. The monoisotopic (exact) mass is 575 g/mol. The lowest BCUT2D eigenvalue weighted by molar-refractivity contribution is -0.292. The van der Waals surface area contributed by atoms with Crippen LogP contribution in [0.25, 0.3) is 11.5 Å². The number of amides is 1. The molecule has 0 spiro atoms. The Morgan fingerprint density at radius 2 is 1.62 bits per heavy atom. The summed E-state index contributed by atoms with van der Waals surface area (Å²) in [6.07, 6.45) is -14.6. The van der Waals surface area contributed by atoms with Gasteiger partial charge in [-0.25, -0.2) is 9.36 Å². The maximum Gasteiger partial charge on any atom is 0.459 e. The summed E-state index contributed by atoms with van der Waals surface area (Å²) in [7, 11) is 0.630. The number of carbonyl (C=O) groups is 1. The predicted octanol–water partition coefficient (Wildman–Crippen LogP) is 4.87. The summed E-state index contributed by atoms with van der Waals surface area (Å²) in [4.78, 5) is 12.5. The number of nitrogens with zero attached hydrogens (tertiary/aromatic N) is 6. The van der Waals surface area contributed by atoms with Crippen molar-refractivity contribution in [2.24, 2.45) is 7.05 Å². The average Bonchev–Trinajstić information content (AvgIpc) is 3.16. The molecule has 0 unspecified atom stereocenters. The minimum atomic E-state index is -6.44. The Hall–Kier alpha value is -4.11. The molecule has 1 fully saturated rings. The normalized spacial score (nSPS) is 15.8. The van der Waals surface area contributed by atoms with Crippen LogP contribution in [-0.2, 0) is 25.3 Å². The van der Waals surface area contributed by atoms with E-state index in [0.29, 0.717) is 36.4 Å². The van der Waals surface area contributed by atoms with Gasteiger partial charge < -0.3 is 9.88 Å². The number of rotatable bonds is 5. The van der Waals surface area contributed by atoms with Gasteiger partial charge >= 0.3 is 24.5 Å². The van der Waals surface area contributed by atoms with Crippen molar-refractivity contribution < 1.29 is 53.1 Å². The molecule has 210 valence electrons. The molecule has 0 bridgehead atoms. The van der Waals surface area contributed by atoms with Crippen LogP contribution in [0.4, 0.5) is 48.3 Å². The first-order chi connectivity index (χ1) is 17.7. The van der Waals surface area contributed by atoms with Crippen LogP contribution >= 0.6 is 0 Å². The van der Waals surface area contributed by atoms with Crippen molar-refractivity contribution in [3.05, 3.63) is 47.2 Å². The van der Waals surface area contributed by atoms with E-state index in [0.717, 1.165) is 0 Å². The fourth-order valence-corrected chi connectivity index (χ4v) is 3.64. The second-order valence-electron chi connectivity index (χ2n) is 8.52. The first-order valence-electron chi connectivity index (χ1n) is 10.4. The number of hydrogen-bond donors (Lipinski definition) is 1. The predicted molar refractivity (Wildman–Crippen MR) is 105 cm³/mol. The van der Waals surface area contributed by atoms with Crippen molar-refractivity contribution in [1.82, 2.24) is 29.4 Å². The van der Waals surface area contributed by atoms with E-state index in [2.05, 4.69) is 15.5 Å². The van der Waals surface area contributed by atoms with Crippen LogP contribution in [0.3, 0.4) is 0 Å². The zero-order valence-electron chi connectivity index (χ0n) is 19.0. The minimum absolute atomic E-state index is 0.0568. The highest BCUT2D eigenvalue weighted by atomic mass is 19.4. The Balaban J connectivity index is 1.81. The number of aromatic nitrogens is 5. The van der Waals surface area contributed by atoms with Crippen LogP contribution in [0.15, 0.2) is 24.8 Å². The number of alkyl halides is 11. The standard InChI is InChI=1S/C20H12F11N7O/c1-36-15(12(19(26,27)28)13(35-36)17(21,22)20(29,30)31)38-5-9(4-33-38)37-6-10(11(7-37)18(23,24)25)14(39)34-16(8-32)2-3-16/h4-7H,2-3H2,1H3,(H,34,39). The molecule has 0 radical (unpaired) electrons. The molecule has 1 aliphatic rings. The highest BCUT2D eigenvalue weighted by molar-refractivity contribution is 5.97. The van der Waals surface area contributed by atoms with E-state index < -0.39 is 69.8 Å². The summed E-state index contributed by atoms with van der Waals surface area (Å²) >= 11 is 0. The van der Waals surface area contributed by atoms with E-state index in [1.807, 2.05) is 0 Å². The number of aryl methyl sites for hydroxylation is 1. The maximum absolute atomic E-state index is 13.9. The van der Waals surface area contributed by atoms with Crippen LogP contribution in [0.1, 0.15) is 40.0 Å². The van der Waals surface area contributed by atoms with Crippen molar-refractivity contribution in [1.29, 1.82) is 5.26 Å². The van der Waals surface area contributed by atoms with E-state index in [1.54, 1.807) is 6.07 Å². The van der Waals surface area contributed by atoms with E-state index in [-0.39, 0.29) is 22.2 Å². The van der Waals surface area contributed by atoms with Gasteiger partial charge in [0, 0.05) is 19.4 Å². The minimum Gasteiger partial charge on any atom is -0.334 e. The zero-order valence-corrected chi connectivity index (χ0v) is 19.0. The largest absolute Gasteiger partial charge is 0.459 e. The van der Waals surface area contributed by atoms with Gasteiger partial charge in [-0.15, -0.1) is 0 Å². The molecular formula is C20H12F11N7O. The third-order valence-corrected chi connectivity index (χ3v) is 5.73. The summed E-state index contributed by atoms with van der Waals surface area (Å²) in [5.74, 6) is -8.67. The molecule has 1 N–H and O–H groups in total. The average molecular weight is 575 g/mol. The van der Waals surface area contributed by atoms with Gasteiger partial charge in [0.05, 0.1) is 35.3 Å². The molecule has 1 saturated carbocycles. The number of hydrogen-bond acceptors (Lipinski definition) is 4. The van der Waals surface area contributed by atoms with Gasteiger partial charge in [-0.3, -0.25) is 4.79 Å². The summed E-state index contributed by atoms with van der Waals surface area (Å²) in [6, 6.07) is 1.76. The molecule has 8 nitrogen and oxygen atoms in total. The van der Waals surface area contributed by atoms with Crippen molar-refractivity contribution in [2.75, 3.05) is 0 Å². The SMILES string of the molecule is Cn1nc(C(F)(F)C(F)(F)F)c(C(F)(F)F)c1-n1cc(-n2cc(C(=O)NC3(C#N)CC3)c(C(F)(F)F)c2)cn1. The molecule has 0 saturated heterocycles. The number of nitrogens with one attached hydrogen (secondary N) is 1. The van der Waals surface area contributed by atoms with Crippen LogP contribution in [0, 0.1) is 11.3 Å². The topological polar surface area (TPSA) is 93.5 Å². The second kappa shape index (κ2) is 8.44. The highest BCUT2D eigenvalue weighted by Gasteiger charge is 2.64. The summed E-state index contributed by atoms with van der Waals surface area (Å²) < 4.78 is 149. The van der Waals surface area contributed by atoms with Crippen molar-refractivity contribution >= 4 is 5.91 Å². The third-order valence-electron chi connectivity index (χ3n) is 5.73. The van der Waals surface area contributed by atoms with Crippen molar-refractivity contribution in [3.8, 4) is 17.6 Å². The van der Waals surface area contributed by atoms with Gasteiger partial charge in [-0.05, 0) is 12.8 Å². The smallest absolute Gasteiger partial charge is 0.334 e. The third kappa shape index (κ3) is 4.78. The lowest BCUT2D eigenvalue weighted by atomic mass is 10.1. The summed E-state index contributed by atoms with van der Waals surface area (Å²) in [6.45, 7) is 0. The van der Waals surface area contributed by atoms with Gasteiger partial charge in [-0.2, -0.15) is 63.8 Å². The molecule has 39 heavy (non-hydrogen) atoms. The lowest BCUT2D eigenvalue weighted by Crippen LogP contribution is -2.36. The molecule has 0 aliphatic heterocycles. The second-order valence-corrected chi connectivity index (χ2v) is 8.52. The molecule has 1 amide bonds. The fraction of sp³-hybridized carbons (Fsp3) is 0.400. The van der Waals surface area contributed by atoms with Crippen molar-refractivity contribution in [2.45, 2.75) is 42.8 Å². The Kier molecular flexibility index (Phi) is 6.04. The zero-order chi connectivity index (χ0) is 29.3. The molecule has 4 rings (SSSR count). The molecule has 0 atom stereocenters. The van der Waals surface area contributed by atoms with Crippen LogP contribution < -0.4 is 5.32 Å². The molecule has 3 aromatic heterocycles. The van der Waals surface area contributed by atoms with Crippen LogP contribution in [0.2, 0.25) is 0 Å². The first-order valence-corrected chi connectivity index (χ1v) is 10.4. The van der Waals surface area contributed by atoms with E-state index >= 15 is 0 Å². The Morgan fingerprint density at radius 3 is 2.10 bits per heavy atom. The number of carbonyl (C=O) groups excluding carboxylic acids is 1. The first kappa shape index (κ1) is 27.9. The van der Waals surface area contributed by atoms with Gasteiger partial charge in [0.1, 0.15) is 11.1 Å². The quantitative estimate of drug-likeness (QED) is 0.440. The van der Waals surface area contributed by atoms with Crippen LogP contribution in [-0.4, -0.2) is 41.8 Å². The Labute approximate surface area is 209 Å². The number of nitriles is 1. The summed E-state index contributed by atoms with van der Waals surface area (Å²) in [5, 5.41) is 17.4. The van der Waals surface area contributed by atoms with Gasteiger partial charge in [0.2, 0.25) is 0 Å². The van der Waals surface area contributed by atoms with Gasteiger partial charge in [0.25, 0.3) is 5.91 Å². The fourth-order valence-electron chi connectivity index (χ4n) is 3.64. The molecule has 19 heteroatoms. The Morgan fingerprint density at radius 1 is 1.00 bits per heavy atom. The van der Waals surface area contributed by atoms with E-state index in [9.17, 15) is 53.1 Å². The lowest BCUT2D eigenvalue weighted by Gasteiger charge is -2.19. The Bertz CT molecular complexity index is 1480. The highest BCUT2D eigenvalue weighted by Crippen LogP contribution is 2.49. The van der Waals surface area contributed by atoms with E-state index in [1.165, 1.54) is 0 Å². The van der Waals surface area contributed by atoms with Crippen LogP contribution in [0.5, 0.6) is 0 Å². The van der Waals surface area contributed by atoms with Gasteiger partial charge in [0.15, 0.2) is 11.5 Å². The molecule has 3 heterocycles.